The summed E-state index contributed by atoms with van der Waals surface area (Å²) in [5.41, 5.74) is 3.81. The van der Waals surface area contributed by atoms with E-state index in [0.29, 0.717) is 5.02 Å². The van der Waals surface area contributed by atoms with Crippen molar-refractivity contribution in [3.8, 4) is 0 Å². The van der Waals surface area contributed by atoms with Crippen LogP contribution in [0.4, 0.5) is 5.82 Å². The lowest BCUT2D eigenvalue weighted by atomic mass is 10.1. The second-order valence-corrected chi connectivity index (χ2v) is 6.89. The van der Waals surface area contributed by atoms with E-state index < -0.39 is 0 Å². The van der Waals surface area contributed by atoms with E-state index in [1.807, 2.05) is 28.7 Å². The maximum atomic E-state index is 6.20. The Morgan fingerprint density at radius 2 is 1.92 bits per heavy atom. The van der Waals surface area contributed by atoms with Crippen LogP contribution in [0.2, 0.25) is 5.02 Å². The predicted molar refractivity (Wildman–Crippen MR) is 106 cm³/mol. The predicted octanol–water partition coefficient (Wildman–Crippen LogP) is 4.54. The molecule has 26 heavy (non-hydrogen) atoms. The fraction of sp³-hybridized carbons (Fsp3) is 0.250. The molecular formula is C20H20ClN5. The Kier molecular flexibility index (Phi) is 4.47. The number of aromatic nitrogens is 4. The maximum Gasteiger partial charge on any atom is 0.204 e. The van der Waals surface area contributed by atoms with Gasteiger partial charge in [0.1, 0.15) is 5.82 Å². The van der Waals surface area contributed by atoms with Crippen LogP contribution in [0, 0.1) is 0 Å². The van der Waals surface area contributed by atoms with E-state index >= 15 is 0 Å². The van der Waals surface area contributed by atoms with E-state index in [-0.39, 0.29) is 6.04 Å². The monoisotopic (exact) mass is 365 g/mol. The normalized spacial score (nSPS) is 12.6. The second-order valence-electron chi connectivity index (χ2n) is 6.46. The second kappa shape index (κ2) is 6.92. The standard InChI is InChI=1S/C20H20ClN5/c1-3-18-24-25-20-19(22-13(2)11-14-7-5-4-6-8-14)23-16-10-9-15(21)12-17(16)26(18)20/h4-10,12-13H,3,11H2,1-2H3,(H,22,23)/t13-/m1/s1. The van der Waals surface area contributed by atoms with Crippen molar-refractivity contribution in [2.75, 3.05) is 5.32 Å². The summed E-state index contributed by atoms with van der Waals surface area (Å²) in [7, 11) is 0. The molecule has 0 amide bonds. The number of anilines is 1. The Morgan fingerprint density at radius 3 is 2.69 bits per heavy atom. The summed E-state index contributed by atoms with van der Waals surface area (Å²) in [6.07, 6.45) is 1.69. The van der Waals surface area contributed by atoms with Gasteiger partial charge >= 0.3 is 0 Å². The van der Waals surface area contributed by atoms with Crippen molar-refractivity contribution in [3.05, 3.63) is 64.9 Å². The molecule has 5 nitrogen and oxygen atoms in total. The molecule has 0 radical (unpaired) electrons. The summed E-state index contributed by atoms with van der Waals surface area (Å²) in [4.78, 5) is 4.78. The topological polar surface area (TPSA) is 55.1 Å². The number of nitrogens with one attached hydrogen (secondary N) is 1. The van der Waals surface area contributed by atoms with Crippen molar-refractivity contribution in [2.45, 2.75) is 32.7 Å². The molecule has 132 valence electrons. The van der Waals surface area contributed by atoms with Crippen molar-refractivity contribution in [2.24, 2.45) is 0 Å². The fourth-order valence-corrected chi connectivity index (χ4v) is 3.41. The molecule has 0 fully saturated rings. The lowest BCUT2D eigenvalue weighted by molar-refractivity contribution is 0.785. The van der Waals surface area contributed by atoms with Crippen molar-refractivity contribution < 1.29 is 0 Å². The number of hydrogen-bond acceptors (Lipinski definition) is 4. The Morgan fingerprint density at radius 1 is 1.12 bits per heavy atom. The van der Waals surface area contributed by atoms with Crippen LogP contribution in [0.15, 0.2) is 48.5 Å². The minimum atomic E-state index is 0.209. The molecule has 1 atom stereocenters. The Bertz CT molecular complexity index is 1060. The van der Waals surface area contributed by atoms with Crippen LogP contribution in [0.5, 0.6) is 0 Å². The van der Waals surface area contributed by atoms with Gasteiger partial charge in [-0.1, -0.05) is 48.9 Å². The molecule has 2 aromatic carbocycles. The van der Waals surface area contributed by atoms with Gasteiger partial charge in [-0.15, -0.1) is 10.2 Å². The van der Waals surface area contributed by atoms with Gasteiger partial charge in [0.2, 0.25) is 5.65 Å². The van der Waals surface area contributed by atoms with Crippen LogP contribution in [0.1, 0.15) is 25.2 Å². The number of rotatable bonds is 5. The molecule has 0 saturated heterocycles. The van der Waals surface area contributed by atoms with Gasteiger partial charge in [-0.25, -0.2) is 4.98 Å². The third kappa shape index (κ3) is 3.10. The molecule has 2 aromatic heterocycles. The van der Waals surface area contributed by atoms with Crippen LogP contribution in [-0.4, -0.2) is 25.6 Å². The largest absolute Gasteiger partial charge is 0.364 e. The van der Waals surface area contributed by atoms with Crippen molar-refractivity contribution >= 4 is 34.1 Å². The number of aryl methyl sites for hydroxylation is 1. The van der Waals surface area contributed by atoms with Gasteiger partial charge in [-0.2, -0.15) is 0 Å². The Balaban J connectivity index is 1.76. The first-order valence-corrected chi connectivity index (χ1v) is 9.17. The lowest BCUT2D eigenvalue weighted by Crippen LogP contribution is -2.19. The summed E-state index contributed by atoms with van der Waals surface area (Å²) in [5, 5.41) is 12.9. The van der Waals surface area contributed by atoms with E-state index in [1.165, 1.54) is 5.56 Å². The van der Waals surface area contributed by atoms with Gasteiger partial charge in [-0.05, 0) is 37.1 Å². The van der Waals surface area contributed by atoms with E-state index in [0.717, 1.165) is 41.2 Å². The molecule has 0 spiro atoms. The molecule has 0 unspecified atom stereocenters. The average Bonchev–Trinajstić information content (AvgIpc) is 3.08. The van der Waals surface area contributed by atoms with E-state index in [9.17, 15) is 0 Å². The van der Waals surface area contributed by atoms with Gasteiger partial charge in [-0.3, -0.25) is 4.40 Å². The molecule has 0 aliphatic carbocycles. The highest BCUT2D eigenvalue weighted by atomic mass is 35.5. The van der Waals surface area contributed by atoms with E-state index in [4.69, 9.17) is 16.6 Å². The molecule has 6 heteroatoms. The zero-order chi connectivity index (χ0) is 18.1. The van der Waals surface area contributed by atoms with Gasteiger partial charge in [0, 0.05) is 17.5 Å². The summed E-state index contributed by atoms with van der Waals surface area (Å²) in [6, 6.07) is 16.3. The third-order valence-corrected chi connectivity index (χ3v) is 4.67. The highest BCUT2D eigenvalue weighted by Crippen LogP contribution is 2.25. The molecule has 4 aromatic rings. The van der Waals surface area contributed by atoms with Gasteiger partial charge < -0.3 is 5.32 Å². The molecule has 0 aliphatic rings. The first kappa shape index (κ1) is 16.8. The van der Waals surface area contributed by atoms with Crippen LogP contribution in [0.25, 0.3) is 16.7 Å². The van der Waals surface area contributed by atoms with Crippen molar-refractivity contribution in [1.29, 1.82) is 0 Å². The Labute approximate surface area is 157 Å². The van der Waals surface area contributed by atoms with Crippen molar-refractivity contribution in [1.82, 2.24) is 19.6 Å². The molecular weight excluding hydrogens is 346 g/mol. The van der Waals surface area contributed by atoms with Gasteiger partial charge in [0.15, 0.2) is 5.82 Å². The zero-order valence-electron chi connectivity index (χ0n) is 14.8. The SMILES string of the molecule is CCc1nnc2c(N[C@H](C)Cc3ccccc3)nc3ccc(Cl)cc3n12. The number of hydrogen-bond donors (Lipinski definition) is 1. The summed E-state index contributed by atoms with van der Waals surface area (Å²) >= 11 is 6.20. The number of fused-ring (bicyclic) bond motifs is 3. The quantitative estimate of drug-likeness (QED) is 0.564. The summed E-state index contributed by atoms with van der Waals surface area (Å²) in [6.45, 7) is 4.22. The zero-order valence-corrected chi connectivity index (χ0v) is 15.5. The van der Waals surface area contributed by atoms with Crippen LogP contribution in [-0.2, 0) is 12.8 Å². The fourth-order valence-electron chi connectivity index (χ4n) is 3.24. The first-order valence-electron chi connectivity index (χ1n) is 8.79. The van der Waals surface area contributed by atoms with Gasteiger partial charge in [0.05, 0.1) is 11.0 Å². The smallest absolute Gasteiger partial charge is 0.204 e. The maximum absolute atomic E-state index is 6.20. The molecule has 0 bridgehead atoms. The molecule has 1 N–H and O–H groups in total. The molecule has 0 aliphatic heterocycles. The highest BCUT2D eigenvalue weighted by Gasteiger charge is 2.16. The first-order chi connectivity index (χ1) is 12.7. The summed E-state index contributed by atoms with van der Waals surface area (Å²) < 4.78 is 2.05. The summed E-state index contributed by atoms with van der Waals surface area (Å²) in [5.74, 6) is 1.64. The van der Waals surface area contributed by atoms with Gasteiger partial charge in [0.25, 0.3) is 0 Å². The molecule has 2 heterocycles. The highest BCUT2D eigenvalue weighted by molar-refractivity contribution is 6.31. The average molecular weight is 366 g/mol. The number of benzene rings is 2. The van der Waals surface area contributed by atoms with Crippen molar-refractivity contribution in [3.63, 3.8) is 0 Å². The lowest BCUT2D eigenvalue weighted by Gasteiger charge is -2.16. The van der Waals surface area contributed by atoms with Crippen LogP contribution < -0.4 is 5.32 Å². The minimum absolute atomic E-state index is 0.209. The van der Waals surface area contributed by atoms with E-state index in [2.05, 4.69) is 53.6 Å². The molecule has 0 saturated carbocycles. The number of halogens is 1. The third-order valence-electron chi connectivity index (χ3n) is 4.44. The van der Waals surface area contributed by atoms with Crippen LogP contribution >= 0.6 is 11.6 Å². The number of nitrogens with zero attached hydrogens (tertiary/aromatic N) is 4. The molecule has 4 rings (SSSR count). The minimum Gasteiger partial charge on any atom is -0.364 e. The van der Waals surface area contributed by atoms with E-state index in [1.54, 1.807) is 0 Å². The van der Waals surface area contributed by atoms with Crippen LogP contribution in [0.3, 0.4) is 0 Å². The Hall–Kier alpha value is -2.66.